The summed E-state index contributed by atoms with van der Waals surface area (Å²) < 4.78 is 44.8. The summed E-state index contributed by atoms with van der Waals surface area (Å²) in [5.74, 6) is -1.00. The van der Waals surface area contributed by atoms with Crippen LogP contribution in [0.5, 0.6) is 0 Å². The van der Waals surface area contributed by atoms with Crippen molar-refractivity contribution < 1.29 is 47.6 Å². The van der Waals surface area contributed by atoms with E-state index in [0.29, 0.717) is 6.26 Å². The average molecular weight is 678 g/mol. The van der Waals surface area contributed by atoms with E-state index in [9.17, 15) is 8.42 Å². The summed E-state index contributed by atoms with van der Waals surface area (Å²) in [5, 5.41) is 4.29. The minimum absolute atomic E-state index is 0. The summed E-state index contributed by atoms with van der Waals surface area (Å²) in [6, 6.07) is 30.2. The molecule has 0 radical (unpaired) electrons. The van der Waals surface area contributed by atoms with Gasteiger partial charge < -0.3 is 19.5 Å². The molecule has 40 heavy (non-hydrogen) atoms. The zero-order valence-corrected chi connectivity index (χ0v) is 27.0. The normalized spacial score (nSPS) is 31.5. The third-order valence-corrected chi connectivity index (χ3v) is 10.5. The Hall–Kier alpha value is -1.66. The number of anilines is 1. The molecule has 4 unspecified atom stereocenters. The Bertz CT molecular complexity index is 1340. The van der Waals surface area contributed by atoms with Crippen LogP contribution in [0.3, 0.4) is 0 Å². The van der Waals surface area contributed by atoms with E-state index in [1.165, 1.54) is 10.9 Å². The Morgan fingerprint density at radius 2 is 1.32 bits per heavy atom. The van der Waals surface area contributed by atoms with Gasteiger partial charge in [-0.05, 0) is 37.7 Å². The smallest absolute Gasteiger partial charge is 0.261 e. The van der Waals surface area contributed by atoms with Gasteiger partial charge in [0.15, 0.2) is 22.3 Å². The third-order valence-electron chi connectivity index (χ3n) is 6.95. The fraction of sp³-hybridized carbons (Fsp3) is 0.400. The summed E-state index contributed by atoms with van der Waals surface area (Å²) in [6.45, 7) is 8.64. The molecule has 0 saturated carbocycles. The number of benzene rings is 3. The molecule has 4 fully saturated rings. The first-order chi connectivity index (χ1) is 18.2. The van der Waals surface area contributed by atoms with Crippen LogP contribution >= 0.6 is 7.92 Å². The number of rotatable bonds is 3. The quantitative estimate of drug-likeness (QED) is 0.153. The van der Waals surface area contributed by atoms with Gasteiger partial charge in [-0.3, -0.25) is 4.55 Å². The molecule has 4 saturated heterocycles. The van der Waals surface area contributed by atoms with Gasteiger partial charge in [0.2, 0.25) is 0 Å². The van der Waals surface area contributed by atoms with Crippen molar-refractivity contribution in [1.82, 2.24) is 0 Å². The maximum absolute atomic E-state index is 9.19. The van der Waals surface area contributed by atoms with Gasteiger partial charge in [0.1, 0.15) is 0 Å². The molecule has 220 valence electrons. The van der Waals surface area contributed by atoms with Crippen LogP contribution in [-0.4, -0.2) is 48.5 Å². The Kier molecular flexibility index (Phi) is 10.1. The number of hydrogen-bond acceptors (Lipinski definition) is 6. The predicted octanol–water partition coefficient (Wildman–Crippen LogP) is 5.96. The minimum Gasteiger partial charge on any atom is -0.395 e. The Morgan fingerprint density at radius 3 is 1.82 bits per heavy atom. The molecule has 0 aromatic heterocycles. The Balaban J connectivity index is 0.000000193. The van der Waals surface area contributed by atoms with Crippen molar-refractivity contribution in [3.63, 3.8) is 0 Å². The summed E-state index contributed by atoms with van der Waals surface area (Å²) >= 11 is 0. The van der Waals surface area contributed by atoms with Crippen LogP contribution in [0.25, 0.3) is 11.1 Å². The van der Waals surface area contributed by atoms with E-state index >= 15 is 0 Å². The number of ether oxygens (including phenoxy) is 3. The van der Waals surface area contributed by atoms with Gasteiger partial charge in [-0.2, -0.15) is 8.42 Å². The molecule has 10 heteroatoms. The van der Waals surface area contributed by atoms with Gasteiger partial charge in [0.05, 0.1) is 32.3 Å². The molecule has 7 nitrogen and oxygen atoms in total. The van der Waals surface area contributed by atoms with Gasteiger partial charge in [0, 0.05) is 41.3 Å². The molecule has 4 aliphatic heterocycles. The molecule has 7 rings (SSSR count). The predicted molar refractivity (Wildman–Crippen MR) is 158 cm³/mol. The van der Waals surface area contributed by atoms with Crippen LogP contribution in [-0.2, 0) is 44.8 Å². The first kappa shape index (κ1) is 32.9. The summed E-state index contributed by atoms with van der Waals surface area (Å²) in [7, 11) is -2.74. The van der Waals surface area contributed by atoms with Crippen LogP contribution < -0.4 is 10.6 Å². The zero-order chi connectivity index (χ0) is 28.5. The van der Waals surface area contributed by atoms with Crippen molar-refractivity contribution in [2.45, 2.75) is 62.8 Å². The van der Waals surface area contributed by atoms with Crippen LogP contribution in [0, 0.1) is 6.07 Å². The second-order valence-corrected chi connectivity index (χ2v) is 15.8. The monoisotopic (exact) mass is 677 g/mol. The van der Waals surface area contributed by atoms with Crippen molar-refractivity contribution in [2.24, 2.45) is 0 Å². The molecule has 3 aromatic rings. The molecule has 4 aliphatic rings. The molecule has 3 aromatic carbocycles. The van der Waals surface area contributed by atoms with Gasteiger partial charge >= 0.3 is 0 Å². The summed E-state index contributed by atoms with van der Waals surface area (Å²) in [4.78, 5) is 0. The molecular formula is C30H38NO6PPdS. The van der Waals surface area contributed by atoms with Crippen LogP contribution in [0.2, 0.25) is 0 Å². The largest absolute Gasteiger partial charge is 0.395 e. The minimum atomic E-state index is -3.67. The van der Waals surface area contributed by atoms with Crippen LogP contribution in [0.15, 0.2) is 78.9 Å². The Labute approximate surface area is 253 Å². The summed E-state index contributed by atoms with van der Waals surface area (Å²) in [6.07, 6.45) is 2.34. The van der Waals surface area contributed by atoms with E-state index in [1.54, 1.807) is 0 Å². The topological polar surface area (TPSA) is 94.1 Å². The molecule has 4 bridgehead atoms. The van der Waals surface area contributed by atoms with Gasteiger partial charge in [0.25, 0.3) is 10.1 Å². The molecule has 0 amide bonds. The number of nitrogens with one attached hydrogen (secondary N) is 1. The van der Waals surface area contributed by atoms with E-state index in [2.05, 4.69) is 87.6 Å². The van der Waals surface area contributed by atoms with Gasteiger partial charge in [-0.1, -0.05) is 42.0 Å². The maximum Gasteiger partial charge on any atom is 0.261 e. The first-order valence-electron chi connectivity index (χ1n) is 12.9. The van der Waals surface area contributed by atoms with E-state index in [0.717, 1.165) is 24.1 Å². The van der Waals surface area contributed by atoms with Crippen LogP contribution in [0.4, 0.5) is 5.69 Å². The van der Waals surface area contributed by atoms with E-state index in [1.807, 2.05) is 37.4 Å². The first-order valence-corrected chi connectivity index (χ1v) is 16.2. The second-order valence-electron chi connectivity index (χ2n) is 10.9. The van der Waals surface area contributed by atoms with Crippen molar-refractivity contribution in [3.05, 3.63) is 84.9 Å². The average Bonchev–Trinajstić information content (AvgIpc) is 2.81. The maximum atomic E-state index is 9.19. The van der Waals surface area contributed by atoms with Gasteiger partial charge in [-0.15, -0.1) is 35.9 Å². The molecule has 0 aliphatic carbocycles. The molecular weight excluding hydrogens is 640 g/mol. The van der Waals surface area contributed by atoms with Crippen molar-refractivity contribution >= 4 is 29.0 Å². The van der Waals surface area contributed by atoms with Crippen LogP contribution in [0.1, 0.15) is 40.5 Å². The summed E-state index contributed by atoms with van der Waals surface area (Å²) in [5.41, 5.74) is 3.45. The zero-order valence-electron chi connectivity index (χ0n) is 23.6. The van der Waals surface area contributed by atoms with E-state index < -0.39 is 29.6 Å². The second kappa shape index (κ2) is 12.3. The molecule has 4 atom stereocenters. The number of hydrogen-bond donors (Lipinski definition) is 2. The molecule has 2 N–H and O–H groups in total. The molecule has 4 heterocycles. The van der Waals surface area contributed by atoms with E-state index in [4.69, 9.17) is 18.8 Å². The molecule has 0 spiro atoms. The van der Waals surface area contributed by atoms with E-state index in [-0.39, 0.29) is 31.1 Å². The Morgan fingerprint density at radius 1 is 0.825 bits per heavy atom. The van der Waals surface area contributed by atoms with Crippen molar-refractivity contribution in [1.29, 1.82) is 0 Å². The SMILES string of the molecule is CC12CC3(C)OC(C)(CC(C)(O1)[PH+]3c1ccccc1)O2.CNc1ccccc1-c1[c-]cccc1.CS(=O)(=O)O.[Pd]. The standard InChI is InChI=1S/C16H21O3P.C13H12N.CH4O3S.Pd/c1-13-10-15(3)19-14(2,17-13)11-16(4,18-13)20(15)12-8-6-5-7-9-12;1-14-13-10-6-5-9-12(13)11-7-3-2-4-8-11;1-5(2,3)4;/h5-9H,10-11H2,1-4H3;2-7,9-10,14H,1H3;1H3,(H,2,3,4);/q;-1;;/p+1. The fourth-order valence-electron chi connectivity index (χ4n) is 6.44. The fourth-order valence-corrected chi connectivity index (χ4v) is 10.9. The third kappa shape index (κ3) is 7.59. The van der Waals surface area contributed by atoms with Crippen molar-refractivity contribution in [2.75, 3.05) is 18.6 Å². The van der Waals surface area contributed by atoms with Gasteiger partial charge in [-0.25, -0.2) is 0 Å². The number of para-hydroxylation sites is 1. The van der Waals surface area contributed by atoms with Crippen molar-refractivity contribution in [3.8, 4) is 11.1 Å².